The maximum Gasteiger partial charge on any atom is 0.0965 e. The van der Waals surface area contributed by atoms with Gasteiger partial charge in [0.2, 0.25) is 0 Å². The Kier molecular flexibility index (Phi) is 4.21. The van der Waals surface area contributed by atoms with Gasteiger partial charge in [-0.2, -0.15) is 11.3 Å². The Balaban J connectivity index is 2.72. The van der Waals surface area contributed by atoms with Crippen LogP contribution in [0.5, 0.6) is 0 Å². The molecule has 12 heavy (non-hydrogen) atoms. The van der Waals surface area contributed by atoms with Gasteiger partial charge in [0, 0.05) is 28.6 Å². The quantitative estimate of drug-likeness (QED) is 0.891. The second-order valence-electron chi connectivity index (χ2n) is 2.35. The molecule has 0 aliphatic heterocycles. The largest absolute Gasteiger partial charge is 0.372 e. The third kappa shape index (κ3) is 2.29. The van der Waals surface area contributed by atoms with E-state index in [9.17, 15) is 0 Å². The van der Waals surface area contributed by atoms with Crippen molar-refractivity contribution in [2.24, 2.45) is 5.73 Å². The van der Waals surface area contributed by atoms with E-state index in [1.54, 1.807) is 11.3 Å². The van der Waals surface area contributed by atoms with E-state index < -0.39 is 0 Å². The van der Waals surface area contributed by atoms with Gasteiger partial charge in [0.15, 0.2) is 0 Å². The van der Waals surface area contributed by atoms with Crippen LogP contribution in [0, 0.1) is 0 Å². The van der Waals surface area contributed by atoms with Crippen molar-refractivity contribution in [1.29, 1.82) is 0 Å². The van der Waals surface area contributed by atoms with Crippen molar-refractivity contribution in [2.45, 2.75) is 13.0 Å². The Bertz CT molecular complexity index is 239. The van der Waals surface area contributed by atoms with Crippen LogP contribution in [0.15, 0.2) is 15.2 Å². The zero-order chi connectivity index (χ0) is 8.97. The first-order chi connectivity index (χ1) is 5.79. The molecule has 0 aromatic carbocycles. The van der Waals surface area contributed by atoms with Crippen LogP contribution in [0.2, 0.25) is 0 Å². The van der Waals surface area contributed by atoms with E-state index in [1.807, 2.05) is 12.3 Å². The lowest BCUT2D eigenvalue weighted by atomic mass is 10.2. The number of thiophene rings is 1. The minimum absolute atomic E-state index is 0.0376. The number of rotatable bonds is 4. The lowest BCUT2D eigenvalue weighted by molar-refractivity contribution is 0.0687. The molecule has 0 saturated carbocycles. The second-order valence-corrected chi connectivity index (χ2v) is 3.95. The van der Waals surface area contributed by atoms with Crippen LogP contribution in [-0.4, -0.2) is 13.2 Å². The van der Waals surface area contributed by atoms with Crippen molar-refractivity contribution in [3.05, 3.63) is 20.8 Å². The molecule has 0 bridgehead atoms. The molecule has 2 N–H and O–H groups in total. The molecule has 1 heterocycles. The topological polar surface area (TPSA) is 35.2 Å². The maximum absolute atomic E-state index is 5.58. The fourth-order valence-electron chi connectivity index (χ4n) is 1.01. The lowest BCUT2D eigenvalue weighted by Gasteiger charge is -2.13. The summed E-state index contributed by atoms with van der Waals surface area (Å²) in [5, 5.41) is 4.11. The van der Waals surface area contributed by atoms with Gasteiger partial charge in [-0.15, -0.1) is 0 Å². The van der Waals surface area contributed by atoms with Gasteiger partial charge < -0.3 is 10.5 Å². The van der Waals surface area contributed by atoms with Crippen molar-refractivity contribution in [1.82, 2.24) is 0 Å². The molecule has 1 atom stereocenters. The fourth-order valence-corrected chi connectivity index (χ4v) is 2.60. The van der Waals surface area contributed by atoms with Gasteiger partial charge in [0.25, 0.3) is 0 Å². The van der Waals surface area contributed by atoms with Gasteiger partial charge >= 0.3 is 0 Å². The number of hydrogen-bond donors (Lipinski definition) is 1. The summed E-state index contributed by atoms with van der Waals surface area (Å²) < 4.78 is 6.56. The van der Waals surface area contributed by atoms with Crippen molar-refractivity contribution in [3.63, 3.8) is 0 Å². The molecule has 0 fully saturated rings. The molecular weight excluding hydrogens is 238 g/mol. The molecule has 1 aromatic rings. The first-order valence-electron chi connectivity index (χ1n) is 3.82. The van der Waals surface area contributed by atoms with Gasteiger partial charge in [0.05, 0.1) is 6.10 Å². The smallest absolute Gasteiger partial charge is 0.0965 e. The highest BCUT2D eigenvalue weighted by Gasteiger charge is 2.12. The Morgan fingerprint density at radius 2 is 2.42 bits per heavy atom. The summed E-state index contributed by atoms with van der Waals surface area (Å²) in [4.78, 5) is 0. The van der Waals surface area contributed by atoms with E-state index >= 15 is 0 Å². The zero-order valence-electron chi connectivity index (χ0n) is 6.92. The number of nitrogens with two attached hydrogens (primary N) is 1. The summed E-state index contributed by atoms with van der Waals surface area (Å²) in [6.07, 6.45) is 0.0376. The van der Waals surface area contributed by atoms with Crippen LogP contribution in [0.3, 0.4) is 0 Å². The molecule has 0 aliphatic rings. The lowest BCUT2D eigenvalue weighted by Crippen LogP contribution is -2.15. The Morgan fingerprint density at radius 1 is 1.67 bits per heavy atom. The second kappa shape index (κ2) is 4.97. The van der Waals surface area contributed by atoms with Crippen LogP contribution >= 0.6 is 27.3 Å². The van der Waals surface area contributed by atoms with Crippen molar-refractivity contribution in [2.75, 3.05) is 13.2 Å². The fraction of sp³-hybridized carbons (Fsp3) is 0.500. The van der Waals surface area contributed by atoms with Crippen LogP contribution in [0.4, 0.5) is 0 Å². The highest BCUT2D eigenvalue weighted by molar-refractivity contribution is 9.10. The van der Waals surface area contributed by atoms with Gasteiger partial charge in [-0.3, -0.25) is 0 Å². The summed E-state index contributed by atoms with van der Waals surface area (Å²) in [7, 11) is 0. The number of ether oxygens (including phenoxy) is 1. The molecular formula is C8H12BrNOS. The van der Waals surface area contributed by atoms with Crippen LogP contribution in [0.1, 0.15) is 18.6 Å². The molecule has 2 nitrogen and oxygen atoms in total. The third-order valence-corrected chi connectivity index (χ3v) is 3.32. The Morgan fingerprint density at radius 3 is 2.83 bits per heavy atom. The molecule has 1 rings (SSSR count). The van der Waals surface area contributed by atoms with Crippen LogP contribution in [-0.2, 0) is 4.74 Å². The Hall–Kier alpha value is 0.100. The van der Waals surface area contributed by atoms with Crippen molar-refractivity contribution in [3.8, 4) is 0 Å². The van der Waals surface area contributed by atoms with E-state index in [0.717, 1.165) is 10.0 Å². The van der Waals surface area contributed by atoms with E-state index in [0.29, 0.717) is 13.2 Å². The molecule has 0 spiro atoms. The first-order valence-corrected chi connectivity index (χ1v) is 5.56. The third-order valence-electron chi connectivity index (χ3n) is 1.57. The van der Waals surface area contributed by atoms with Gasteiger partial charge in [-0.05, 0) is 28.2 Å². The van der Waals surface area contributed by atoms with E-state index in [1.165, 1.54) is 0 Å². The number of hydrogen-bond acceptors (Lipinski definition) is 3. The molecule has 68 valence electrons. The highest BCUT2D eigenvalue weighted by Crippen LogP contribution is 2.28. The molecule has 0 amide bonds. The molecule has 1 aromatic heterocycles. The summed E-state index contributed by atoms with van der Waals surface area (Å²) >= 11 is 5.11. The SMILES string of the molecule is CCOC(CN)c1cscc1Br. The minimum atomic E-state index is 0.0376. The zero-order valence-corrected chi connectivity index (χ0v) is 9.32. The Labute approximate surface area is 84.9 Å². The summed E-state index contributed by atoms with van der Waals surface area (Å²) in [5.41, 5.74) is 6.73. The van der Waals surface area contributed by atoms with Crippen molar-refractivity contribution < 1.29 is 4.74 Å². The van der Waals surface area contributed by atoms with E-state index in [2.05, 4.69) is 21.3 Å². The summed E-state index contributed by atoms with van der Waals surface area (Å²) in [5.74, 6) is 0. The maximum atomic E-state index is 5.58. The standard InChI is InChI=1S/C8H12BrNOS/c1-2-11-8(3-10)6-4-12-5-7(6)9/h4-5,8H,2-3,10H2,1H3. The predicted molar refractivity (Wildman–Crippen MR) is 55.4 cm³/mol. The average molecular weight is 250 g/mol. The summed E-state index contributed by atoms with van der Waals surface area (Å²) in [6.45, 7) is 3.20. The molecule has 0 saturated heterocycles. The average Bonchev–Trinajstić information content (AvgIpc) is 2.47. The van der Waals surface area contributed by atoms with Crippen molar-refractivity contribution >= 4 is 27.3 Å². The minimum Gasteiger partial charge on any atom is -0.372 e. The predicted octanol–water partition coefficient (Wildman–Crippen LogP) is 2.55. The molecule has 0 radical (unpaired) electrons. The monoisotopic (exact) mass is 249 g/mol. The van der Waals surface area contributed by atoms with E-state index in [-0.39, 0.29) is 6.10 Å². The van der Waals surface area contributed by atoms with Gasteiger partial charge in [-0.25, -0.2) is 0 Å². The van der Waals surface area contributed by atoms with Gasteiger partial charge in [0.1, 0.15) is 0 Å². The normalized spacial score (nSPS) is 13.2. The highest BCUT2D eigenvalue weighted by atomic mass is 79.9. The molecule has 1 unspecified atom stereocenters. The summed E-state index contributed by atoms with van der Waals surface area (Å²) in [6, 6.07) is 0. The number of halogens is 1. The molecule has 4 heteroatoms. The van der Waals surface area contributed by atoms with Crippen LogP contribution < -0.4 is 5.73 Å². The van der Waals surface area contributed by atoms with Gasteiger partial charge in [-0.1, -0.05) is 0 Å². The first kappa shape index (κ1) is 10.2. The molecule has 0 aliphatic carbocycles. The van der Waals surface area contributed by atoms with E-state index in [4.69, 9.17) is 10.5 Å². The van der Waals surface area contributed by atoms with Crippen LogP contribution in [0.25, 0.3) is 0 Å².